The van der Waals surface area contributed by atoms with Crippen LogP contribution < -0.4 is 5.32 Å². The van der Waals surface area contributed by atoms with E-state index in [1.807, 2.05) is 0 Å². The number of benzene rings is 2. The lowest BCUT2D eigenvalue weighted by Gasteiger charge is -2.28. The molecule has 1 atom stereocenters. The van der Waals surface area contributed by atoms with Crippen molar-refractivity contribution < 1.29 is 37.3 Å². The molecule has 184 valence electrons. The normalized spacial score (nSPS) is 13.9. The lowest BCUT2D eigenvalue weighted by molar-refractivity contribution is -0.385. The maximum absolute atomic E-state index is 13.2. The van der Waals surface area contributed by atoms with Gasteiger partial charge in [-0.1, -0.05) is 18.2 Å². The monoisotopic (exact) mass is 492 g/mol. The third-order valence-electron chi connectivity index (χ3n) is 5.40. The third-order valence-corrected chi connectivity index (χ3v) is 5.40. The number of hydrogen-bond donors (Lipinski definition) is 1. The first kappa shape index (κ1) is 25.3. The molecular formula is C22H19F3N4O6. The van der Waals surface area contributed by atoms with Gasteiger partial charge in [0.1, 0.15) is 11.6 Å². The topological polar surface area (TPSA) is 130 Å². The molecule has 2 aromatic carbocycles. The highest BCUT2D eigenvalue weighted by atomic mass is 19.4. The van der Waals surface area contributed by atoms with Crippen molar-refractivity contribution in [2.75, 3.05) is 18.4 Å². The molecule has 0 aliphatic carbocycles. The lowest BCUT2D eigenvalue weighted by Crippen LogP contribution is -2.51. The van der Waals surface area contributed by atoms with Gasteiger partial charge in [0, 0.05) is 12.6 Å². The summed E-state index contributed by atoms with van der Waals surface area (Å²) in [6, 6.07) is 6.40. The molecule has 3 rings (SSSR count). The summed E-state index contributed by atoms with van der Waals surface area (Å²) in [6.45, 7) is 1.99. The van der Waals surface area contributed by atoms with Crippen molar-refractivity contribution >= 4 is 35.0 Å². The van der Waals surface area contributed by atoms with Gasteiger partial charge < -0.3 is 10.2 Å². The SMILES string of the molecule is CCN(CC(=O)Nc1ccccc1C(F)(F)F)C(=O)C(C)N1C(=O)c2cccc([N+](=O)[O-])c2C1=O. The van der Waals surface area contributed by atoms with Crippen LogP contribution in [0.4, 0.5) is 24.5 Å². The van der Waals surface area contributed by atoms with Crippen LogP contribution in [0, 0.1) is 10.1 Å². The van der Waals surface area contributed by atoms with E-state index in [-0.39, 0.29) is 12.1 Å². The number of carbonyl (C=O) groups excluding carboxylic acids is 4. The summed E-state index contributed by atoms with van der Waals surface area (Å²) < 4.78 is 39.5. The first-order valence-corrected chi connectivity index (χ1v) is 10.3. The number of likely N-dealkylation sites (N-methyl/N-ethyl adjacent to an activating group) is 1. The molecule has 1 aliphatic rings. The summed E-state index contributed by atoms with van der Waals surface area (Å²) in [7, 11) is 0. The van der Waals surface area contributed by atoms with Crippen LogP contribution in [0.25, 0.3) is 0 Å². The largest absolute Gasteiger partial charge is 0.418 e. The Balaban J connectivity index is 1.78. The van der Waals surface area contributed by atoms with Gasteiger partial charge in [-0.05, 0) is 32.0 Å². The van der Waals surface area contributed by atoms with E-state index in [4.69, 9.17) is 0 Å². The van der Waals surface area contributed by atoms with Gasteiger partial charge in [0.2, 0.25) is 11.8 Å². The molecule has 0 fully saturated rings. The fourth-order valence-electron chi connectivity index (χ4n) is 3.71. The fourth-order valence-corrected chi connectivity index (χ4v) is 3.71. The number of hydrogen-bond acceptors (Lipinski definition) is 6. The zero-order chi connectivity index (χ0) is 26.1. The number of rotatable bonds is 7. The highest BCUT2D eigenvalue weighted by molar-refractivity contribution is 6.24. The van der Waals surface area contributed by atoms with E-state index in [2.05, 4.69) is 5.32 Å². The molecular weight excluding hydrogens is 473 g/mol. The van der Waals surface area contributed by atoms with Gasteiger partial charge >= 0.3 is 6.18 Å². The summed E-state index contributed by atoms with van der Waals surface area (Å²) >= 11 is 0. The van der Waals surface area contributed by atoms with Crippen molar-refractivity contribution in [3.05, 3.63) is 69.3 Å². The molecule has 13 heteroatoms. The summed E-state index contributed by atoms with van der Waals surface area (Å²) in [5.41, 5.74) is -2.81. The van der Waals surface area contributed by atoms with E-state index in [1.54, 1.807) is 0 Å². The number of nitrogens with zero attached hydrogens (tertiary/aromatic N) is 3. The Bertz CT molecular complexity index is 1230. The number of nitro benzene ring substituents is 1. The van der Waals surface area contributed by atoms with Crippen molar-refractivity contribution in [3.8, 4) is 0 Å². The molecule has 1 aliphatic heterocycles. The van der Waals surface area contributed by atoms with Crippen LogP contribution in [0.5, 0.6) is 0 Å². The Hall–Kier alpha value is -4.29. The molecule has 2 aromatic rings. The average Bonchev–Trinajstić information content (AvgIpc) is 3.06. The molecule has 0 saturated carbocycles. The number of nitro groups is 1. The Morgan fingerprint density at radius 3 is 2.37 bits per heavy atom. The maximum atomic E-state index is 13.2. The van der Waals surface area contributed by atoms with E-state index >= 15 is 0 Å². The van der Waals surface area contributed by atoms with E-state index in [0.29, 0.717) is 4.90 Å². The number of halogens is 3. The number of fused-ring (bicyclic) bond motifs is 1. The quantitative estimate of drug-likeness (QED) is 0.359. The smallest absolute Gasteiger partial charge is 0.332 e. The number of carbonyl (C=O) groups is 4. The Morgan fingerprint density at radius 2 is 1.77 bits per heavy atom. The zero-order valence-corrected chi connectivity index (χ0v) is 18.5. The number of alkyl halides is 3. The molecule has 0 spiro atoms. The second kappa shape index (κ2) is 9.52. The summed E-state index contributed by atoms with van der Waals surface area (Å²) in [5.74, 6) is -3.71. The number of amides is 4. The minimum atomic E-state index is -4.72. The van der Waals surface area contributed by atoms with Crippen LogP contribution >= 0.6 is 0 Å². The van der Waals surface area contributed by atoms with E-state index < -0.39 is 69.8 Å². The molecule has 4 amide bonds. The number of para-hydroxylation sites is 1. The van der Waals surface area contributed by atoms with Crippen LogP contribution in [0.15, 0.2) is 42.5 Å². The molecule has 1 N–H and O–H groups in total. The Kier molecular flexibility index (Phi) is 6.89. The van der Waals surface area contributed by atoms with Gasteiger partial charge in [0.05, 0.1) is 28.3 Å². The van der Waals surface area contributed by atoms with E-state index in [1.165, 1.54) is 32.0 Å². The predicted molar refractivity (Wildman–Crippen MR) is 115 cm³/mol. The molecule has 0 radical (unpaired) electrons. The van der Waals surface area contributed by atoms with Crippen molar-refractivity contribution in [1.29, 1.82) is 0 Å². The second-order valence-corrected chi connectivity index (χ2v) is 7.56. The maximum Gasteiger partial charge on any atom is 0.418 e. The lowest BCUT2D eigenvalue weighted by atomic mass is 10.1. The third kappa shape index (κ3) is 4.83. The standard InChI is InChI=1S/C22H19F3N4O6/c1-3-27(11-17(30)26-15-9-5-4-8-14(15)22(23,24)25)19(31)12(2)28-20(32)13-7-6-10-16(29(34)35)18(13)21(28)33/h4-10,12H,3,11H2,1-2H3,(H,26,30). The van der Waals surface area contributed by atoms with Crippen molar-refractivity contribution in [2.45, 2.75) is 26.1 Å². The molecule has 0 bridgehead atoms. The Labute approximate surface area is 196 Å². The number of nitrogens with one attached hydrogen (secondary N) is 1. The first-order valence-electron chi connectivity index (χ1n) is 10.3. The van der Waals surface area contributed by atoms with Gasteiger partial charge in [0.15, 0.2) is 0 Å². The molecule has 0 aromatic heterocycles. The van der Waals surface area contributed by atoms with Gasteiger partial charge in [0.25, 0.3) is 17.5 Å². The highest BCUT2D eigenvalue weighted by Crippen LogP contribution is 2.35. The van der Waals surface area contributed by atoms with Crippen LogP contribution in [-0.4, -0.2) is 57.5 Å². The van der Waals surface area contributed by atoms with Crippen molar-refractivity contribution in [1.82, 2.24) is 9.80 Å². The molecule has 10 nitrogen and oxygen atoms in total. The minimum Gasteiger partial charge on any atom is -0.332 e. The van der Waals surface area contributed by atoms with Gasteiger partial charge in [-0.25, -0.2) is 0 Å². The van der Waals surface area contributed by atoms with Crippen LogP contribution in [-0.2, 0) is 15.8 Å². The number of imide groups is 1. The van der Waals surface area contributed by atoms with Crippen LogP contribution in [0.1, 0.15) is 40.1 Å². The first-order chi connectivity index (χ1) is 16.4. The number of anilines is 1. The minimum absolute atomic E-state index is 0.0686. The summed E-state index contributed by atoms with van der Waals surface area (Å²) in [6.07, 6.45) is -4.72. The molecule has 35 heavy (non-hydrogen) atoms. The van der Waals surface area contributed by atoms with Crippen LogP contribution in [0.3, 0.4) is 0 Å². The van der Waals surface area contributed by atoms with Gasteiger partial charge in [-0.15, -0.1) is 0 Å². The predicted octanol–water partition coefficient (Wildman–Crippen LogP) is 3.09. The summed E-state index contributed by atoms with van der Waals surface area (Å²) in [4.78, 5) is 63.0. The fraction of sp³-hybridized carbons (Fsp3) is 0.273. The van der Waals surface area contributed by atoms with Crippen LogP contribution in [0.2, 0.25) is 0 Å². The molecule has 1 unspecified atom stereocenters. The second-order valence-electron chi connectivity index (χ2n) is 7.56. The highest BCUT2D eigenvalue weighted by Gasteiger charge is 2.45. The van der Waals surface area contributed by atoms with Gasteiger partial charge in [-0.2, -0.15) is 13.2 Å². The van der Waals surface area contributed by atoms with Crippen molar-refractivity contribution in [2.24, 2.45) is 0 Å². The molecule has 0 saturated heterocycles. The van der Waals surface area contributed by atoms with E-state index in [9.17, 15) is 42.5 Å². The van der Waals surface area contributed by atoms with Gasteiger partial charge in [-0.3, -0.25) is 34.2 Å². The summed E-state index contributed by atoms with van der Waals surface area (Å²) in [5, 5.41) is 13.4. The molecule has 1 heterocycles. The Morgan fingerprint density at radius 1 is 1.11 bits per heavy atom. The van der Waals surface area contributed by atoms with E-state index in [0.717, 1.165) is 29.2 Å². The van der Waals surface area contributed by atoms with Crippen molar-refractivity contribution in [3.63, 3.8) is 0 Å². The average molecular weight is 492 g/mol. The zero-order valence-electron chi connectivity index (χ0n) is 18.5.